The highest BCUT2D eigenvalue weighted by atomic mass is 32.2. The fourth-order valence-corrected chi connectivity index (χ4v) is 4.83. The van der Waals surface area contributed by atoms with E-state index in [-0.39, 0.29) is 4.90 Å². The normalized spacial score (nSPS) is 28.0. The fourth-order valence-electron chi connectivity index (χ4n) is 3.88. The van der Waals surface area contributed by atoms with E-state index in [1.54, 1.807) is 12.1 Å². The Balaban J connectivity index is 1.76. The molecular weight excluding hydrogens is 286 g/mol. The first-order valence-electron chi connectivity index (χ1n) is 7.56. The van der Waals surface area contributed by atoms with Gasteiger partial charge in [0.2, 0.25) is 10.0 Å². The van der Waals surface area contributed by atoms with Gasteiger partial charge in [-0.2, -0.15) is 0 Å². The van der Waals surface area contributed by atoms with Crippen molar-refractivity contribution in [3.05, 3.63) is 18.2 Å². The van der Waals surface area contributed by atoms with Gasteiger partial charge in [0.25, 0.3) is 0 Å². The van der Waals surface area contributed by atoms with Gasteiger partial charge in [-0.25, -0.2) is 13.1 Å². The molecule has 0 spiro atoms. The second-order valence-electron chi connectivity index (χ2n) is 6.28. The Morgan fingerprint density at radius 3 is 2.71 bits per heavy atom. The van der Waals surface area contributed by atoms with Crippen molar-refractivity contribution in [3.63, 3.8) is 0 Å². The largest absolute Gasteiger partial charge is 0.399 e. The molecule has 3 unspecified atom stereocenters. The monoisotopic (exact) mass is 309 g/mol. The van der Waals surface area contributed by atoms with Crippen LogP contribution < -0.4 is 15.8 Å². The Hall–Kier alpha value is -1.27. The molecule has 2 fully saturated rings. The van der Waals surface area contributed by atoms with Gasteiger partial charge in [0, 0.05) is 12.2 Å². The molecule has 1 aromatic carbocycles. The van der Waals surface area contributed by atoms with Crippen LogP contribution in [0.4, 0.5) is 11.4 Å². The molecule has 0 amide bonds. The van der Waals surface area contributed by atoms with Crippen molar-refractivity contribution < 1.29 is 8.42 Å². The molecule has 21 heavy (non-hydrogen) atoms. The van der Waals surface area contributed by atoms with Gasteiger partial charge in [-0.1, -0.05) is 6.42 Å². The Morgan fingerprint density at radius 2 is 2.10 bits per heavy atom. The molecule has 5 nitrogen and oxygen atoms in total. The predicted molar refractivity (Wildman–Crippen MR) is 84.5 cm³/mol. The van der Waals surface area contributed by atoms with Crippen LogP contribution in [0.15, 0.2) is 23.1 Å². The van der Waals surface area contributed by atoms with E-state index in [2.05, 4.69) is 10.0 Å². The van der Waals surface area contributed by atoms with Crippen LogP contribution in [0.2, 0.25) is 0 Å². The van der Waals surface area contributed by atoms with Crippen LogP contribution in [0.5, 0.6) is 0 Å². The van der Waals surface area contributed by atoms with Crippen LogP contribution in [0.25, 0.3) is 0 Å². The maximum Gasteiger partial charge on any atom is 0.242 e. The van der Waals surface area contributed by atoms with Crippen molar-refractivity contribution in [2.75, 3.05) is 24.6 Å². The van der Waals surface area contributed by atoms with E-state index < -0.39 is 10.0 Å². The lowest BCUT2D eigenvalue weighted by atomic mass is 9.89. The predicted octanol–water partition coefficient (Wildman–Crippen LogP) is 2.02. The number of anilines is 2. The van der Waals surface area contributed by atoms with Crippen LogP contribution >= 0.6 is 0 Å². The summed E-state index contributed by atoms with van der Waals surface area (Å²) in [5, 5.41) is 3.33. The van der Waals surface area contributed by atoms with Crippen LogP contribution in [-0.4, -0.2) is 22.0 Å². The molecule has 4 N–H and O–H groups in total. The Kier molecular flexibility index (Phi) is 3.84. The summed E-state index contributed by atoms with van der Waals surface area (Å²) in [6.07, 6.45) is 5.35. The van der Waals surface area contributed by atoms with Gasteiger partial charge in [0.05, 0.1) is 5.69 Å². The van der Waals surface area contributed by atoms with Crippen molar-refractivity contribution in [1.82, 2.24) is 4.72 Å². The molecule has 3 rings (SSSR count). The zero-order valence-corrected chi connectivity index (χ0v) is 13.1. The maximum absolute atomic E-state index is 12.1. The van der Waals surface area contributed by atoms with Crippen molar-refractivity contribution in [1.29, 1.82) is 0 Å². The highest BCUT2D eigenvalue weighted by Gasteiger charge is 2.39. The van der Waals surface area contributed by atoms with E-state index in [4.69, 9.17) is 5.73 Å². The number of hydrogen-bond acceptors (Lipinski definition) is 4. The number of benzene rings is 1. The average Bonchev–Trinajstić information content (AvgIpc) is 3.08. The van der Waals surface area contributed by atoms with Crippen LogP contribution in [0.1, 0.15) is 25.7 Å². The lowest BCUT2D eigenvalue weighted by Gasteiger charge is -2.23. The lowest BCUT2D eigenvalue weighted by molar-refractivity contribution is 0.348. The molecule has 0 aliphatic heterocycles. The summed E-state index contributed by atoms with van der Waals surface area (Å²) in [5.41, 5.74) is 6.82. The molecule has 0 saturated heterocycles. The molecule has 2 aliphatic carbocycles. The van der Waals surface area contributed by atoms with E-state index in [1.807, 2.05) is 0 Å². The second-order valence-corrected chi connectivity index (χ2v) is 8.13. The Morgan fingerprint density at radius 1 is 1.29 bits per heavy atom. The molecular formula is C15H23N3O2S. The number of fused-ring (bicyclic) bond motifs is 2. The van der Waals surface area contributed by atoms with E-state index in [0.717, 1.165) is 18.4 Å². The van der Waals surface area contributed by atoms with Gasteiger partial charge >= 0.3 is 0 Å². The summed E-state index contributed by atoms with van der Waals surface area (Å²) in [4.78, 5) is 0.230. The smallest absolute Gasteiger partial charge is 0.242 e. The Labute approximate surface area is 126 Å². The summed E-state index contributed by atoms with van der Waals surface area (Å²) in [6, 6.07) is 5.00. The minimum absolute atomic E-state index is 0.230. The standard InChI is InChI=1S/C15H23N3O2S/c1-17-21(19,20)15-8-13(16)4-5-14(15)18-9-12-7-10-2-3-11(12)6-10/h4-5,8,10-12,17-18H,2-3,6-7,9,16H2,1H3. The van der Waals surface area contributed by atoms with E-state index >= 15 is 0 Å². The first-order valence-corrected chi connectivity index (χ1v) is 9.05. The lowest BCUT2D eigenvalue weighted by Crippen LogP contribution is -2.23. The van der Waals surface area contributed by atoms with E-state index in [9.17, 15) is 8.42 Å². The molecule has 116 valence electrons. The average molecular weight is 309 g/mol. The topological polar surface area (TPSA) is 84.2 Å². The van der Waals surface area contributed by atoms with E-state index in [0.29, 0.717) is 17.3 Å². The van der Waals surface area contributed by atoms with Crippen LogP contribution in [-0.2, 0) is 10.0 Å². The number of nitrogen functional groups attached to an aromatic ring is 1. The van der Waals surface area contributed by atoms with Crippen molar-refractivity contribution in [2.45, 2.75) is 30.6 Å². The molecule has 2 saturated carbocycles. The summed E-state index contributed by atoms with van der Waals surface area (Å²) in [6.45, 7) is 0.845. The number of rotatable bonds is 5. The van der Waals surface area contributed by atoms with Crippen LogP contribution in [0, 0.1) is 17.8 Å². The van der Waals surface area contributed by atoms with E-state index in [1.165, 1.54) is 38.8 Å². The summed E-state index contributed by atoms with van der Waals surface area (Å²) in [7, 11) is -2.08. The zero-order valence-electron chi connectivity index (χ0n) is 12.3. The minimum Gasteiger partial charge on any atom is -0.399 e. The number of nitrogens with two attached hydrogens (primary N) is 1. The second kappa shape index (κ2) is 5.50. The third-order valence-corrected chi connectivity index (χ3v) is 6.46. The minimum atomic E-state index is -3.50. The zero-order chi connectivity index (χ0) is 15.0. The third-order valence-electron chi connectivity index (χ3n) is 5.00. The SMILES string of the molecule is CNS(=O)(=O)c1cc(N)ccc1NCC1CC2CCC1C2. The third kappa shape index (κ3) is 2.87. The summed E-state index contributed by atoms with van der Waals surface area (Å²) in [5.74, 6) is 2.39. The number of nitrogens with one attached hydrogen (secondary N) is 2. The van der Waals surface area contributed by atoms with Crippen LogP contribution in [0.3, 0.4) is 0 Å². The molecule has 3 atom stereocenters. The van der Waals surface area contributed by atoms with Crippen molar-refractivity contribution >= 4 is 21.4 Å². The first kappa shape index (κ1) is 14.7. The highest BCUT2D eigenvalue weighted by Crippen LogP contribution is 2.48. The van der Waals surface area contributed by atoms with Crippen molar-refractivity contribution in [3.8, 4) is 0 Å². The molecule has 2 aliphatic rings. The fraction of sp³-hybridized carbons (Fsp3) is 0.600. The molecule has 0 heterocycles. The quantitative estimate of drug-likeness (QED) is 0.727. The Bertz CT molecular complexity index is 630. The molecule has 1 aromatic rings. The maximum atomic E-state index is 12.1. The number of sulfonamides is 1. The highest BCUT2D eigenvalue weighted by molar-refractivity contribution is 7.89. The number of hydrogen-bond donors (Lipinski definition) is 3. The molecule has 0 aromatic heterocycles. The summed E-state index contributed by atoms with van der Waals surface area (Å²) < 4.78 is 26.5. The van der Waals surface area contributed by atoms with Gasteiger partial charge in [0.15, 0.2) is 0 Å². The van der Waals surface area contributed by atoms with Gasteiger partial charge < -0.3 is 11.1 Å². The van der Waals surface area contributed by atoms with Gasteiger partial charge in [-0.15, -0.1) is 0 Å². The molecule has 6 heteroatoms. The molecule has 2 bridgehead atoms. The van der Waals surface area contributed by atoms with Gasteiger partial charge in [-0.3, -0.25) is 0 Å². The van der Waals surface area contributed by atoms with Gasteiger partial charge in [-0.05, 0) is 62.3 Å². The first-order chi connectivity index (χ1) is 9.99. The van der Waals surface area contributed by atoms with Crippen molar-refractivity contribution in [2.24, 2.45) is 17.8 Å². The molecule has 0 radical (unpaired) electrons. The summed E-state index contributed by atoms with van der Waals surface area (Å²) >= 11 is 0. The van der Waals surface area contributed by atoms with Gasteiger partial charge in [0.1, 0.15) is 4.90 Å².